The molecular weight excluding hydrogens is 176 g/mol. The summed E-state index contributed by atoms with van der Waals surface area (Å²) in [6, 6.07) is 0. The Morgan fingerprint density at radius 1 is 0.857 bits per heavy atom. The van der Waals surface area contributed by atoms with Crippen LogP contribution in [-0.2, 0) is 9.53 Å². The summed E-state index contributed by atoms with van der Waals surface area (Å²) < 4.78 is 5.54. The van der Waals surface area contributed by atoms with Crippen LogP contribution in [-0.4, -0.2) is 11.6 Å². The van der Waals surface area contributed by atoms with E-state index in [9.17, 15) is 4.79 Å². The fraction of sp³-hybridized carbons (Fsp3) is 0.917. The summed E-state index contributed by atoms with van der Waals surface area (Å²) in [5, 5.41) is 0. The van der Waals surface area contributed by atoms with Gasteiger partial charge >= 0.3 is 5.97 Å². The van der Waals surface area contributed by atoms with E-state index in [1.165, 1.54) is 32.1 Å². The lowest BCUT2D eigenvalue weighted by Crippen LogP contribution is -2.66. The van der Waals surface area contributed by atoms with Gasteiger partial charge in [-0.1, -0.05) is 19.3 Å². The quantitative estimate of drug-likeness (QED) is 0.554. The highest BCUT2D eigenvalue weighted by atomic mass is 16.6. The molecule has 3 rings (SSSR count). The first-order valence-electron chi connectivity index (χ1n) is 6.03. The van der Waals surface area contributed by atoms with Crippen molar-refractivity contribution in [2.45, 2.75) is 63.4 Å². The highest BCUT2D eigenvalue weighted by molar-refractivity contribution is 5.85. The van der Waals surface area contributed by atoms with Gasteiger partial charge in [0.15, 0.2) is 0 Å². The third-order valence-corrected chi connectivity index (χ3v) is 4.67. The summed E-state index contributed by atoms with van der Waals surface area (Å²) in [7, 11) is 0. The molecule has 0 atom stereocenters. The summed E-state index contributed by atoms with van der Waals surface area (Å²) in [5.74, 6) is 0.124. The molecule has 0 radical (unpaired) electrons. The monoisotopic (exact) mass is 194 g/mol. The lowest BCUT2D eigenvalue weighted by molar-refractivity contribution is -0.249. The molecule has 0 bridgehead atoms. The maximum atomic E-state index is 11.7. The molecule has 2 nitrogen and oxygen atoms in total. The molecule has 0 aromatic carbocycles. The van der Waals surface area contributed by atoms with Gasteiger partial charge in [-0.15, -0.1) is 0 Å². The Balaban J connectivity index is 1.90. The predicted molar refractivity (Wildman–Crippen MR) is 52.8 cm³/mol. The average molecular weight is 194 g/mol. The van der Waals surface area contributed by atoms with Gasteiger partial charge in [-0.05, 0) is 38.5 Å². The Labute approximate surface area is 85.0 Å². The van der Waals surface area contributed by atoms with Crippen LogP contribution < -0.4 is 0 Å². The van der Waals surface area contributed by atoms with E-state index >= 15 is 0 Å². The van der Waals surface area contributed by atoms with E-state index in [1.807, 2.05) is 0 Å². The van der Waals surface area contributed by atoms with Crippen molar-refractivity contribution >= 4 is 5.97 Å². The molecule has 0 N–H and O–H groups in total. The molecule has 14 heavy (non-hydrogen) atoms. The van der Waals surface area contributed by atoms with Crippen LogP contribution in [0.5, 0.6) is 0 Å². The van der Waals surface area contributed by atoms with E-state index in [4.69, 9.17) is 4.74 Å². The summed E-state index contributed by atoms with van der Waals surface area (Å²) in [4.78, 5) is 11.7. The van der Waals surface area contributed by atoms with E-state index in [-0.39, 0.29) is 17.0 Å². The normalized spacial score (nSPS) is 33.0. The van der Waals surface area contributed by atoms with Gasteiger partial charge in [-0.25, -0.2) is 0 Å². The molecule has 2 saturated carbocycles. The smallest absolute Gasteiger partial charge is 0.316 e. The van der Waals surface area contributed by atoms with Gasteiger partial charge in [-0.3, -0.25) is 4.79 Å². The van der Waals surface area contributed by atoms with Crippen LogP contribution in [0, 0.1) is 5.41 Å². The van der Waals surface area contributed by atoms with Crippen LogP contribution in [0.15, 0.2) is 0 Å². The van der Waals surface area contributed by atoms with Crippen molar-refractivity contribution in [3.8, 4) is 0 Å². The fourth-order valence-corrected chi connectivity index (χ4v) is 3.85. The predicted octanol–water partition coefficient (Wildman–Crippen LogP) is 2.81. The van der Waals surface area contributed by atoms with Crippen LogP contribution in [0.3, 0.4) is 0 Å². The highest BCUT2D eigenvalue weighted by Gasteiger charge is 2.68. The minimum Gasteiger partial charge on any atom is -0.457 e. The van der Waals surface area contributed by atoms with Crippen LogP contribution in [0.25, 0.3) is 0 Å². The molecule has 2 heteroatoms. The summed E-state index contributed by atoms with van der Waals surface area (Å²) in [6.45, 7) is 0. The van der Waals surface area contributed by atoms with Gasteiger partial charge in [0, 0.05) is 0 Å². The van der Waals surface area contributed by atoms with Gasteiger partial charge in [0.05, 0.1) is 0 Å². The number of hydrogen-bond donors (Lipinski definition) is 0. The standard InChI is InChI=1S/C12H18O2/c13-10-11(6-2-1-3-7-11)12(14-10)8-4-5-9-12/h1-9H2. The zero-order valence-corrected chi connectivity index (χ0v) is 8.68. The number of rotatable bonds is 0. The maximum Gasteiger partial charge on any atom is 0.316 e. The molecule has 2 spiro atoms. The van der Waals surface area contributed by atoms with E-state index in [2.05, 4.69) is 0 Å². The first-order valence-corrected chi connectivity index (χ1v) is 6.03. The second kappa shape index (κ2) is 2.74. The Hall–Kier alpha value is -0.530. The van der Waals surface area contributed by atoms with Crippen molar-refractivity contribution in [1.29, 1.82) is 0 Å². The van der Waals surface area contributed by atoms with Crippen molar-refractivity contribution in [3.63, 3.8) is 0 Å². The van der Waals surface area contributed by atoms with E-state index in [1.54, 1.807) is 0 Å². The van der Waals surface area contributed by atoms with Crippen molar-refractivity contribution in [2.75, 3.05) is 0 Å². The molecule has 0 unspecified atom stereocenters. The van der Waals surface area contributed by atoms with Gasteiger partial charge in [0.1, 0.15) is 11.0 Å². The first-order chi connectivity index (χ1) is 6.79. The van der Waals surface area contributed by atoms with E-state index in [0.717, 1.165) is 25.7 Å². The number of fused-ring (bicyclic) bond motifs is 1. The van der Waals surface area contributed by atoms with Crippen molar-refractivity contribution in [2.24, 2.45) is 5.41 Å². The topological polar surface area (TPSA) is 26.3 Å². The Bertz CT molecular complexity index is 257. The fourth-order valence-electron chi connectivity index (χ4n) is 3.85. The summed E-state index contributed by atoms with van der Waals surface area (Å²) >= 11 is 0. The third kappa shape index (κ3) is 0.850. The zero-order chi connectivity index (χ0) is 9.65. The van der Waals surface area contributed by atoms with Crippen LogP contribution in [0.4, 0.5) is 0 Å². The van der Waals surface area contributed by atoms with Gasteiger partial charge < -0.3 is 4.74 Å². The molecule has 1 heterocycles. The van der Waals surface area contributed by atoms with Crippen molar-refractivity contribution in [1.82, 2.24) is 0 Å². The van der Waals surface area contributed by atoms with E-state index in [0.29, 0.717) is 0 Å². The Morgan fingerprint density at radius 2 is 1.43 bits per heavy atom. The van der Waals surface area contributed by atoms with Crippen LogP contribution in [0.2, 0.25) is 0 Å². The Kier molecular flexibility index (Phi) is 1.71. The van der Waals surface area contributed by atoms with Gasteiger partial charge in [-0.2, -0.15) is 0 Å². The minimum absolute atomic E-state index is 0.00447. The molecule has 78 valence electrons. The molecule has 0 aromatic heterocycles. The second-order valence-corrected chi connectivity index (χ2v) is 5.23. The lowest BCUT2D eigenvalue weighted by Gasteiger charge is -2.57. The summed E-state index contributed by atoms with van der Waals surface area (Å²) in [5.41, 5.74) is -0.0216. The molecule has 3 fully saturated rings. The maximum absolute atomic E-state index is 11.7. The molecule has 0 amide bonds. The minimum atomic E-state index is -0.0260. The highest BCUT2D eigenvalue weighted by Crippen LogP contribution is 2.61. The molecule has 1 saturated heterocycles. The number of carbonyl (C=O) groups excluding carboxylic acids is 1. The summed E-state index contributed by atoms with van der Waals surface area (Å²) in [6.07, 6.45) is 10.8. The van der Waals surface area contributed by atoms with E-state index < -0.39 is 0 Å². The third-order valence-electron chi connectivity index (χ3n) is 4.67. The van der Waals surface area contributed by atoms with Crippen molar-refractivity contribution in [3.05, 3.63) is 0 Å². The van der Waals surface area contributed by atoms with Crippen LogP contribution >= 0.6 is 0 Å². The number of ether oxygens (including phenoxy) is 1. The second-order valence-electron chi connectivity index (χ2n) is 5.23. The molecular formula is C12H18O2. The molecule has 3 aliphatic rings. The van der Waals surface area contributed by atoms with Gasteiger partial charge in [0.25, 0.3) is 0 Å². The zero-order valence-electron chi connectivity index (χ0n) is 8.68. The molecule has 1 aliphatic heterocycles. The molecule has 2 aliphatic carbocycles. The average Bonchev–Trinajstić information content (AvgIpc) is 2.71. The number of hydrogen-bond acceptors (Lipinski definition) is 2. The van der Waals surface area contributed by atoms with Crippen molar-refractivity contribution < 1.29 is 9.53 Å². The molecule has 0 aromatic rings. The SMILES string of the molecule is O=C1OC2(CCCC2)C12CCCCC2. The number of esters is 1. The Morgan fingerprint density at radius 3 is 2.00 bits per heavy atom. The van der Waals surface area contributed by atoms with Gasteiger partial charge in [0.2, 0.25) is 0 Å². The first kappa shape index (κ1) is 8.75. The largest absolute Gasteiger partial charge is 0.457 e. The van der Waals surface area contributed by atoms with Crippen LogP contribution in [0.1, 0.15) is 57.8 Å². The number of carbonyl (C=O) groups is 1. The lowest BCUT2D eigenvalue weighted by atomic mass is 9.58.